The van der Waals surface area contributed by atoms with Crippen LogP contribution in [-0.4, -0.2) is 26.3 Å². The van der Waals surface area contributed by atoms with Gasteiger partial charge in [0.2, 0.25) is 0 Å². The maximum atomic E-state index is 6.35. The van der Waals surface area contributed by atoms with E-state index in [1.165, 1.54) is 0 Å². The van der Waals surface area contributed by atoms with Crippen molar-refractivity contribution in [3.05, 3.63) is 58.9 Å². The van der Waals surface area contributed by atoms with E-state index in [0.717, 1.165) is 69.5 Å². The Bertz CT molecular complexity index is 1440. The lowest BCUT2D eigenvalue weighted by Gasteiger charge is -2.16. The SMILES string of the molecule is C#CCOc1c(C)cc(Cn2c(CCCC)nc3c(N)nc4ccccc4c32)cc1CN=C=S. The molecule has 172 valence electrons. The molecule has 0 fully saturated rings. The van der Waals surface area contributed by atoms with Crippen LogP contribution in [0, 0.1) is 19.3 Å². The summed E-state index contributed by atoms with van der Waals surface area (Å²) in [6.07, 6.45) is 8.40. The fraction of sp³-hybridized carbons (Fsp3) is 0.296. The second kappa shape index (κ2) is 10.5. The predicted octanol–water partition coefficient (Wildman–Crippen LogP) is 5.48. The number of anilines is 1. The molecule has 34 heavy (non-hydrogen) atoms. The van der Waals surface area contributed by atoms with Crippen molar-refractivity contribution >= 4 is 45.1 Å². The van der Waals surface area contributed by atoms with Crippen molar-refractivity contribution < 1.29 is 4.74 Å². The van der Waals surface area contributed by atoms with Crippen molar-refractivity contribution in [1.29, 1.82) is 0 Å². The number of nitrogens with zero attached hydrogens (tertiary/aromatic N) is 4. The number of nitrogens with two attached hydrogens (primary N) is 1. The van der Waals surface area contributed by atoms with Gasteiger partial charge in [-0.25, -0.2) is 15.0 Å². The zero-order valence-corrected chi connectivity index (χ0v) is 20.3. The molecule has 7 heteroatoms. The highest BCUT2D eigenvalue weighted by Gasteiger charge is 2.18. The van der Waals surface area contributed by atoms with Gasteiger partial charge in [0.05, 0.1) is 22.7 Å². The third-order valence-corrected chi connectivity index (χ3v) is 5.94. The summed E-state index contributed by atoms with van der Waals surface area (Å²) in [5.74, 6) is 4.73. The van der Waals surface area contributed by atoms with Gasteiger partial charge in [-0.2, -0.15) is 0 Å². The molecule has 0 unspecified atom stereocenters. The number of isothiocyanates is 1. The minimum Gasteiger partial charge on any atom is -0.480 e. The summed E-state index contributed by atoms with van der Waals surface area (Å²) < 4.78 is 8.10. The number of pyridine rings is 1. The van der Waals surface area contributed by atoms with Crippen LogP contribution in [0.3, 0.4) is 0 Å². The van der Waals surface area contributed by atoms with Gasteiger partial charge in [-0.05, 0) is 48.8 Å². The van der Waals surface area contributed by atoms with Gasteiger partial charge in [0, 0.05) is 23.9 Å². The monoisotopic (exact) mass is 469 g/mol. The minimum absolute atomic E-state index is 0.195. The molecule has 6 nitrogen and oxygen atoms in total. The highest BCUT2D eigenvalue weighted by atomic mass is 32.1. The lowest BCUT2D eigenvalue weighted by Crippen LogP contribution is -2.08. The smallest absolute Gasteiger partial charge is 0.152 e. The van der Waals surface area contributed by atoms with Gasteiger partial charge < -0.3 is 15.0 Å². The number of terminal acetylenes is 1. The van der Waals surface area contributed by atoms with E-state index in [-0.39, 0.29) is 6.61 Å². The quantitative estimate of drug-likeness (QED) is 0.199. The van der Waals surface area contributed by atoms with E-state index in [0.29, 0.717) is 18.9 Å². The van der Waals surface area contributed by atoms with E-state index < -0.39 is 0 Å². The van der Waals surface area contributed by atoms with Crippen molar-refractivity contribution in [2.24, 2.45) is 4.99 Å². The zero-order valence-electron chi connectivity index (χ0n) is 19.5. The highest BCUT2D eigenvalue weighted by Crippen LogP contribution is 2.32. The summed E-state index contributed by atoms with van der Waals surface area (Å²) in [5, 5.41) is 3.48. The Morgan fingerprint density at radius 2 is 2.06 bits per heavy atom. The number of hydrogen-bond donors (Lipinski definition) is 1. The number of fused-ring (bicyclic) bond motifs is 3. The molecule has 0 spiro atoms. The first-order valence-corrected chi connectivity index (χ1v) is 11.7. The number of nitrogen functional groups attached to an aromatic ring is 1. The lowest BCUT2D eigenvalue weighted by atomic mass is 10.0. The number of thiocarbonyl (C=S) groups is 1. The Hall–Kier alpha value is -3.72. The average Bonchev–Trinajstić information content (AvgIpc) is 3.19. The fourth-order valence-corrected chi connectivity index (χ4v) is 4.42. The van der Waals surface area contributed by atoms with Crippen molar-refractivity contribution in [1.82, 2.24) is 14.5 Å². The van der Waals surface area contributed by atoms with Crippen LogP contribution in [0.25, 0.3) is 21.9 Å². The number of aryl methyl sites for hydroxylation is 2. The number of aliphatic imine (C=N–C) groups is 1. The van der Waals surface area contributed by atoms with Crippen LogP contribution < -0.4 is 10.5 Å². The number of hydrogen-bond acceptors (Lipinski definition) is 6. The van der Waals surface area contributed by atoms with Crippen LogP contribution >= 0.6 is 12.2 Å². The molecule has 4 aromatic rings. The molecule has 0 saturated carbocycles. The second-order valence-corrected chi connectivity index (χ2v) is 8.41. The van der Waals surface area contributed by atoms with E-state index in [9.17, 15) is 0 Å². The van der Waals surface area contributed by atoms with Crippen molar-refractivity contribution in [3.63, 3.8) is 0 Å². The number of rotatable bonds is 9. The first kappa shape index (κ1) is 23.4. The summed E-state index contributed by atoms with van der Waals surface area (Å²) in [7, 11) is 0. The molecule has 0 aliphatic heterocycles. The van der Waals surface area contributed by atoms with E-state index in [2.05, 4.69) is 50.7 Å². The van der Waals surface area contributed by atoms with Crippen LogP contribution in [0.2, 0.25) is 0 Å². The van der Waals surface area contributed by atoms with Crippen LogP contribution in [0.1, 0.15) is 42.3 Å². The number of para-hydroxylation sites is 1. The van der Waals surface area contributed by atoms with E-state index >= 15 is 0 Å². The summed E-state index contributed by atoms with van der Waals surface area (Å²) in [6, 6.07) is 12.3. The molecule has 2 heterocycles. The Morgan fingerprint density at radius 1 is 1.24 bits per heavy atom. The van der Waals surface area contributed by atoms with E-state index in [1.807, 2.05) is 25.1 Å². The summed E-state index contributed by atoms with van der Waals surface area (Å²) in [6.45, 7) is 5.40. The van der Waals surface area contributed by atoms with Crippen molar-refractivity contribution in [3.8, 4) is 18.1 Å². The number of aromatic nitrogens is 3. The molecule has 0 aliphatic carbocycles. The molecule has 2 aromatic heterocycles. The molecule has 0 radical (unpaired) electrons. The minimum atomic E-state index is 0.195. The van der Waals surface area contributed by atoms with Gasteiger partial charge in [0.1, 0.15) is 23.7 Å². The molecule has 0 amide bonds. The van der Waals surface area contributed by atoms with Gasteiger partial charge in [0.25, 0.3) is 0 Å². The third kappa shape index (κ3) is 4.65. The Balaban J connectivity index is 1.89. The first-order valence-electron chi connectivity index (χ1n) is 11.3. The number of ether oxygens (including phenoxy) is 1. The average molecular weight is 470 g/mol. The molecule has 0 atom stereocenters. The number of imidazole rings is 1. The molecule has 2 N–H and O–H groups in total. The molecular formula is C27H27N5OS. The maximum absolute atomic E-state index is 6.35. The zero-order chi connectivity index (χ0) is 24.1. The Morgan fingerprint density at radius 3 is 2.82 bits per heavy atom. The van der Waals surface area contributed by atoms with Crippen LogP contribution in [-0.2, 0) is 19.5 Å². The standard InChI is InChI=1S/C27H27N5OS/c1-4-6-11-23-31-24-25(21-9-7-8-10-22(21)30-27(24)28)32(23)16-19-13-18(3)26(33-12-5-2)20(14-19)15-29-17-34/h2,7-10,13-14H,4,6,11-12,15-16H2,1,3H3,(H2,28,30). The van der Waals surface area contributed by atoms with Gasteiger partial charge in [-0.15, -0.1) is 6.42 Å². The Labute approximate surface area is 204 Å². The maximum Gasteiger partial charge on any atom is 0.152 e. The lowest BCUT2D eigenvalue weighted by molar-refractivity contribution is 0.363. The van der Waals surface area contributed by atoms with Gasteiger partial charge in [0.15, 0.2) is 5.82 Å². The molecule has 0 aliphatic rings. The predicted molar refractivity (Wildman–Crippen MR) is 141 cm³/mol. The first-order chi connectivity index (χ1) is 16.6. The van der Waals surface area contributed by atoms with Crippen LogP contribution in [0.15, 0.2) is 41.4 Å². The van der Waals surface area contributed by atoms with Crippen LogP contribution in [0.5, 0.6) is 5.75 Å². The largest absolute Gasteiger partial charge is 0.480 e. The van der Waals surface area contributed by atoms with Gasteiger partial charge in [-0.3, -0.25) is 0 Å². The second-order valence-electron chi connectivity index (χ2n) is 8.23. The van der Waals surface area contributed by atoms with E-state index in [4.69, 9.17) is 34.1 Å². The van der Waals surface area contributed by atoms with Gasteiger partial charge >= 0.3 is 0 Å². The highest BCUT2D eigenvalue weighted by molar-refractivity contribution is 7.78. The summed E-state index contributed by atoms with van der Waals surface area (Å²) in [4.78, 5) is 13.7. The van der Waals surface area contributed by atoms with Gasteiger partial charge in [-0.1, -0.05) is 43.5 Å². The molecular weight excluding hydrogens is 442 g/mol. The topological polar surface area (TPSA) is 78.3 Å². The third-order valence-electron chi connectivity index (χ3n) is 5.81. The molecule has 0 bridgehead atoms. The van der Waals surface area contributed by atoms with Crippen molar-refractivity contribution in [2.75, 3.05) is 12.3 Å². The summed E-state index contributed by atoms with van der Waals surface area (Å²) >= 11 is 4.79. The van der Waals surface area contributed by atoms with Crippen molar-refractivity contribution in [2.45, 2.75) is 46.2 Å². The normalized spacial score (nSPS) is 10.9. The molecule has 2 aromatic carbocycles. The summed E-state index contributed by atoms with van der Waals surface area (Å²) in [5.41, 5.74) is 12.0. The molecule has 0 saturated heterocycles. The number of benzene rings is 2. The van der Waals surface area contributed by atoms with E-state index in [1.54, 1.807) is 0 Å². The number of unbranched alkanes of at least 4 members (excludes halogenated alkanes) is 1. The Kier molecular flexibility index (Phi) is 7.22. The molecule has 4 rings (SSSR count). The van der Waals surface area contributed by atoms with Crippen LogP contribution in [0.4, 0.5) is 5.82 Å². The fourth-order valence-electron chi connectivity index (χ4n) is 4.36.